The molecule has 0 aliphatic carbocycles. The average molecular weight is 284 g/mol. The number of rotatable bonds is 3. The van der Waals surface area contributed by atoms with Crippen LogP contribution in [0.5, 0.6) is 5.75 Å². The van der Waals surface area contributed by atoms with Gasteiger partial charge in [-0.1, -0.05) is 18.5 Å². The van der Waals surface area contributed by atoms with Crippen LogP contribution in [-0.4, -0.2) is 29.6 Å². The maximum Gasteiger partial charge on any atom is 0.305 e. The molecular weight excluding hydrogens is 270 g/mol. The number of benzene rings is 1. The molecule has 1 amide bonds. The van der Waals surface area contributed by atoms with Crippen LogP contribution in [0.2, 0.25) is 5.02 Å². The van der Waals surface area contributed by atoms with Gasteiger partial charge in [0.25, 0.3) is 0 Å². The molecule has 19 heavy (non-hydrogen) atoms. The van der Waals surface area contributed by atoms with Gasteiger partial charge in [0.1, 0.15) is 12.4 Å². The van der Waals surface area contributed by atoms with Crippen molar-refractivity contribution in [2.45, 2.75) is 25.8 Å². The van der Waals surface area contributed by atoms with E-state index in [-0.39, 0.29) is 18.9 Å². The van der Waals surface area contributed by atoms with E-state index in [4.69, 9.17) is 21.4 Å². The molecule has 0 radical (unpaired) electrons. The van der Waals surface area contributed by atoms with Crippen molar-refractivity contribution < 1.29 is 19.4 Å². The zero-order valence-electron chi connectivity index (χ0n) is 10.4. The normalized spacial score (nSPS) is 17.6. The van der Waals surface area contributed by atoms with E-state index in [2.05, 4.69) is 0 Å². The first-order valence-electron chi connectivity index (χ1n) is 5.99. The number of halogens is 1. The van der Waals surface area contributed by atoms with E-state index in [0.29, 0.717) is 22.9 Å². The lowest BCUT2D eigenvalue weighted by Gasteiger charge is -2.36. The minimum Gasteiger partial charge on any atom is -0.489 e. The highest BCUT2D eigenvalue weighted by Crippen LogP contribution is 2.37. The molecule has 1 aliphatic heterocycles. The van der Waals surface area contributed by atoms with Gasteiger partial charge in [-0.15, -0.1) is 0 Å². The van der Waals surface area contributed by atoms with E-state index in [0.717, 1.165) is 0 Å². The summed E-state index contributed by atoms with van der Waals surface area (Å²) < 4.78 is 5.50. The van der Waals surface area contributed by atoms with Crippen LogP contribution >= 0.6 is 11.6 Å². The van der Waals surface area contributed by atoms with E-state index in [1.807, 2.05) is 0 Å². The average Bonchev–Trinajstić information content (AvgIpc) is 2.36. The van der Waals surface area contributed by atoms with Crippen LogP contribution in [0.3, 0.4) is 0 Å². The van der Waals surface area contributed by atoms with E-state index in [9.17, 15) is 9.59 Å². The molecule has 1 aromatic rings. The van der Waals surface area contributed by atoms with Crippen LogP contribution in [0.1, 0.15) is 19.8 Å². The Morgan fingerprint density at radius 2 is 2.26 bits per heavy atom. The molecule has 0 unspecified atom stereocenters. The lowest BCUT2D eigenvalue weighted by molar-refractivity contribution is -0.137. The Morgan fingerprint density at radius 1 is 1.53 bits per heavy atom. The number of ether oxygens (including phenoxy) is 1. The summed E-state index contributed by atoms with van der Waals surface area (Å²) in [4.78, 5) is 24.4. The Hall–Kier alpha value is -1.75. The van der Waals surface area contributed by atoms with Crippen molar-refractivity contribution in [1.29, 1.82) is 0 Å². The number of hydrogen-bond acceptors (Lipinski definition) is 3. The van der Waals surface area contributed by atoms with Crippen molar-refractivity contribution >= 4 is 29.2 Å². The second-order valence-corrected chi connectivity index (χ2v) is 4.73. The molecule has 0 bridgehead atoms. The van der Waals surface area contributed by atoms with Crippen LogP contribution in [0.25, 0.3) is 0 Å². The summed E-state index contributed by atoms with van der Waals surface area (Å²) in [5, 5.41) is 9.40. The van der Waals surface area contributed by atoms with Crippen molar-refractivity contribution in [3.63, 3.8) is 0 Å². The third-order valence-corrected chi connectivity index (χ3v) is 3.19. The summed E-state index contributed by atoms with van der Waals surface area (Å²) in [5.74, 6) is -0.557. The fourth-order valence-electron chi connectivity index (χ4n) is 2.12. The quantitative estimate of drug-likeness (QED) is 0.924. The van der Waals surface area contributed by atoms with Gasteiger partial charge in [-0.05, 0) is 18.2 Å². The summed E-state index contributed by atoms with van der Waals surface area (Å²) in [5.41, 5.74) is 0.539. The van der Waals surface area contributed by atoms with Crippen LogP contribution in [0.15, 0.2) is 18.2 Å². The predicted octanol–water partition coefficient (Wildman–Crippen LogP) is 2.32. The Labute approximate surface area is 115 Å². The number of hydrogen-bond donors (Lipinski definition) is 1. The fourth-order valence-corrected chi connectivity index (χ4v) is 2.28. The summed E-state index contributed by atoms with van der Waals surface area (Å²) >= 11 is 5.93. The largest absolute Gasteiger partial charge is 0.489 e. The lowest BCUT2D eigenvalue weighted by Crippen LogP contribution is -2.47. The number of carbonyl (C=O) groups excluding carboxylic acids is 1. The summed E-state index contributed by atoms with van der Waals surface area (Å²) in [7, 11) is 0. The highest BCUT2D eigenvalue weighted by molar-refractivity contribution is 6.31. The van der Waals surface area contributed by atoms with E-state index in [1.165, 1.54) is 4.90 Å². The summed E-state index contributed by atoms with van der Waals surface area (Å²) in [6.45, 7) is 1.91. The zero-order valence-corrected chi connectivity index (χ0v) is 11.2. The van der Waals surface area contributed by atoms with Gasteiger partial charge in [0.2, 0.25) is 5.91 Å². The molecule has 0 fully saturated rings. The number of aliphatic carboxylic acids is 1. The van der Waals surface area contributed by atoms with E-state index >= 15 is 0 Å². The molecule has 0 saturated carbocycles. The molecule has 0 spiro atoms. The fraction of sp³-hybridized carbons (Fsp3) is 0.385. The number of anilines is 1. The Bertz CT molecular complexity index is 517. The van der Waals surface area contributed by atoms with Crippen molar-refractivity contribution in [2.24, 2.45) is 0 Å². The number of nitrogens with zero attached hydrogens (tertiary/aromatic N) is 1. The molecular formula is C13H14ClNO4. The predicted molar refractivity (Wildman–Crippen MR) is 70.8 cm³/mol. The number of amides is 1. The third-order valence-electron chi connectivity index (χ3n) is 2.96. The van der Waals surface area contributed by atoms with Crippen molar-refractivity contribution in [3.8, 4) is 5.75 Å². The van der Waals surface area contributed by atoms with Crippen molar-refractivity contribution in [1.82, 2.24) is 0 Å². The maximum atomic E-state index is 12.1. The van der Waals surface area contributed by atoms with Gasteiger partial charge in [-0.2, -0.15) is 0 Å². The molecule has 0 aromatic heterocycles. The monoisotopic (exact) mass is 283 g/mol. The minimum absolute atomic E-state index is 0.141. The highest BCUT2D eigenvalue weighted by atomic mass is 35.5. The summed E-state index contributed by atoms with van der Waals surface area (Å²) in [6.07, 6.45) is 0.139. The molecule has 5 nitrogen and oxygen atoms in total. The molecule has 1 N–H and O–H groups in total. The number of carboxylic acid groups (broad SMARTS) is 1. The maximum absolute atomic E-state index is 12.1. The zero-order chi connectivity index (χ0) is 14.0. The van der Waals surface area contributed by atoms with Crippen LogP contribution in [0, 0.1) is 0 Å². The molecule has 0 saturated heterocycles. The molecule has 1 heterocycles. The van der Waals surface area contributed by atoms with E-state index in [1.54, 1.807) is 25.1 Å². The van der Waals surface area contributed by atoms with Crippen LogP contribution in [-0.2, 0) is 9.59 Å². The minimum atomic E-state index is -0.965. The first-order valence-corrected chi connectivity index (χ1v) is 6.37. The van der Waals surface area contributed by atoms with Crippen LogP contribution in [0.4, 0.5) is 5.69 Å². The molecule has 102 valence electrons. The van der Waals surface area contributed by atoms with Gasteiger partial charge >= 0.3 is 5.97 Å². The Balaban J connectivity index is 2.41. The Morgan fingerprint density at radius 3 is 2.89 bits per heavy atom. The second-order valence-electron chi connectivity index (χ2n) is 4.29. The Kier molecular flexibility index (Phi) is 3.95. The molecule has 6 heteroatoms. The van der Waals surface area contributed by atoms with Gasteiger partial charge in [-0.3, -0.25) is 9.59 Å². The second kappa shape index (κ2) is 5.48. The summed E-state index contributed by atoms with van der Waals surface area (Å²) in [6, 6.07) is 4.48. The SMILES string of the molecule is CCC(=O)N1c2cc(Cl)ccc2OC[C@H]1CC(=O)O. The van der Waals surface area contributed by atoms with Gasteiger partial charge in [-0.25, -0.2) is 0 Å². The smallest absolute Gasteiger partial charge is 0.305 e. The van der Waals surface area contributed by atoms with Gasteiger partial charge in [0.05, 0.1) is 18.2 Å². The van der Waals surface area contributed by atoms with Crippen molar-refractivity contribution in [2.75, 3.05) is 11.5 Å². The standard InChI is InChI=1S/C13H14ClNO4/c1-2-12(16)15-9(6-13(17)18)7-19-11-4-3-8(14)5-10(11)15/h3-5,9H,2,6-7H2,1H3,(H,17,18)/t9-/m1/s1. The first-order chi connectivity index (χ1) is 9.02. The van der Waals surface area contributed by atoms with Gasteiger partial charge < -0.3 is 14.7 Å². The first kappa shape index (κ1) is 13.7. The molecule has 1 atom stereocenters. The third kappa shape index (κ3) is 2.81. The lowest BCUT2D eigenvalue weighted by atomic mass is 10.1. The molecule has 1 aliphatic rings. The number of carbonyl (C=O) groups is 2. The number of fused-ring (bicyclic) bond motifs is 1. The highest BCUT2D eigenvalue weighted by Gasteiger charge is 2.33. The van der Waals surface area contributed by atoms with Gasteiger partial charge in [0.15, 0.2) is 0 Å². The van der Waals surface area contributed by atoms with Gasteiger partial charge in [0, 0.05) is 11.4 Å². The molecule has 2 rings (SSSR count). The number of carboxylic acids is 1. The van der Waals surface area contributed by atoms with E-state index < -0.39 is 12.0 Å². The molecule has 1 aromatic carbocycles. The van der Waals surface area contributed by atoms with Crippen molar-refractivity contribution in [3.05, 3.63) is 23.2 Å². The topological polar surface area (TPSA) is 66.8 Å². The van der Waals surface area contributed by atoms with Crippen LogP contribution < -0.4 is 9.64 Å².